The first-order valence-electron chi connectivity index (χ1n) is 12.2. The average molecular weight is 528 g/mol. The number of nitrogens with one attached hydrogen (secondary N) is 1. The maximum Gasteiger partial charge on any atom is 0.573 e. The van der Waals surface area contributed by atoms with E-state index in [0.29, 0.717) is 40.7 Å². The zero-order valence-corrected chi connectivity index (χ0v) is 21.1. The van der Waals surface area contributed by atoms with Gasteiger partial charge in [0.15, 0.2) is 0 Å². The molecule has 1 N–H and O–H groups in total. The van der Waals surface area contributed by atoms with E-state index in [1.807, 2.05) is 24.3 Å². The van der Waals surface area contributed by atoms with Crippen LogP contribution >= 0.6 is 0 Å². The Kier molecular flexibility index (Phi) is 7.13. The van der Waals surface area contributed by atoms with Crippen molar-refractivity contribution in [2.45, 2.75) is 19.5 Å². The Bertz CT molecular complexity index is 1490. The van der Waals surface area contributed by atoms with Gasteiger partial charge in [-0.1, -0.05) is 24.3 Å². The first-order valence-corrected chi connectivity index (χ1v) is 12.2. The van der Waals surface area contributed by atoms with Gasteiger partial charge in [0.2, 0.25) is 0 Å². The van der Waals surface area contributed by atoms with E-state index in [1.54, 1.807) is 43.4 Å². The second kappa shape index (κ2) is 10.5. The lowest BCUT2D eigenvalue weighted by atomic mass is 10.0. The van der Waals surface area contributed by atoms with E-state index in [4.69, 9.17) is 4.74 Å². The molecule has 0 unspecified atom stereocenters. The van der Waals surface area contributed by atoms with Gasteiger partial charge in [0.1, 0.15) is 17.0 Å². The number of halogens is 3. The third-order valence-electron chi connectivity index (χ3n) is 6.67. The van der Waals surface area contributed by atoms with Gasteiger partial charge >= 0.3 is 6.36 Å². The second-order valence-electron chi connectivity index (χ2n) is 9.27. The summed E-state index contributed by atoms with van der Waals surface area (Å²) in [6.07, 6.45) is -1.64. The second-order valence-corrected chi connectivity index (χ2v) is 9.27. The van der Waals surface area contributed by atoms with Crippen LogP contribution in [0.5, 0.6) is 11.5 Å². The summed E-state index contributed by atoms with van der Waals surface area (Å²) in [5.74, 6) is 0.468. The standard InChI is InChI=1S/C27H28F3N5O3/c1-33-17-23(22-14-32-35(25(22)26(33)36)15-18-3-7-21(37-2)8-4-18)19-5-6-20(16-34-11-9-31-10-12-34)24(13-19)38-27(28,29)30/h3-8,13-14,17,31H,9-12,15-16H2,1-2H3. The number of piperazine rings is 1. The van der Waals surface area contributed by atoms with Crippen LogP contribution in [0.15, 0.2) is 59.7 Å². The molecule has 1 saturated heterocycles. The van der Waals surface area contributed by atoms with Gasteiger partial charge in [0.25, 0.3) is 5.56 Å². The molecule has 0 atom stereocenters. The maximum absolute atomic E-state index is 13.3. The van der Waals surface area contributed by atoms with Crippen molar-refractivity contribution in [1.29, 1.82) is 0 Å². The largest absolute Gasteiger partial charge is 0.573 e. The first kappa shape index (κ1) is 25.8. The Morgan fingerprint density at radius 2 is 1.79 bits per heavy atom. The van der Waals surface area contributed by atoms with Crippen molar-refractivity contribution in [2.24, 2.45) is 7.05 Å². The fourth-order valence-corrected chi connectivity index (χ4v) is 4.73. The van der Waals surface area contributed by atoms with Crippen LogP contribution in [0.1, 0.15) is 11.1 Å². The van der Waals surface area contributed by atoms with Crippen molar-refractivity contribution in [3.05, 3.63) is 76.3 Å². The number of hydrogen-bond donors (Lipinski definition) is 1. The lowest BCUT2D eigenvalue weighted by Gasteiger charge is -2.28. The monoisotopic (exact) mass is 527 g/mol. The molecule has 38 heavy (non-hydrogen) atoms. The summed E-state index contributed by atoms with van der Waals surface area (Å²) in [4.78, 5) is 15.2. The molecule has 200 valence electrons. The third kappa shape index (κ3) is 5.53. The van der Waals surface area contributed by atoms with Crippen molar-refractivity contribution in [3.63, 3.8) is 0 Å². The molecular formula is C27H28F3N5O3. The Hall–Kier alpha value is -3.83. The molecule has 8 nitrogen and oxygen atoms in total. The molecule has 0 bridgehead atoms. The van der Waals surface area contributed by atoms with E-state index < -0.39 is 6.36 Å². The normalized spacial score (nSPS) is 14.7. The van der Waals surface area contributed by atoms with Gasteiger partial charge in [0, 0.05) is 62.5 Å². The molecule has 0 spiro atoms. The van der Waals surface area contributed by atoms with Gasteiger partial charge in [0.05, 0.1) is 19.9 Å². The quantitative estimate of drug-likeness (QED) is 0.395. The molecule has 0 aliphatic carbocycles. The van der Waals surface area contributed by atoms with Crippen LogP contribution in [0, 0.1) is 0 Å². The van der Waals surface area contributed by atoms with E-state index in [1.165, 1.54) is 10.6 Å². The summed E-state index contributed by atoms with van der Waals surface area (Å²) in [7, 11) is 3.20. The van der Waals surface area contributed by atoms with Gasteiger partial charge in [-0.15, -0.1) is 13.2 Å². The highest BCUT2D eigenvalue weighted by atomic mass is 19.4. The molecule has 0 radical (unpaired) electrons. The molecule has 3 heterocycles. The van der Waals surface area contributed by atoms with Crippen molar-refractivity contribution >= 4 is 10.9 Å². The van der Waals surface area contributed by atoms with Crippen molar-refractivity contribution in [2.75, 3.05) is 33.3 Å². The molecule has 11 heteroatoms. The maximum atomic E-state index is 13.3. The number of pyridine rings is 1. The molecule has 1 aliphatic rings. The SMILES string of the molecule is COc1ccc(Cn2ncc3c(-c4ccc(CN5CCNCC5)c(OC(F)(F)F)c4)cn(C)c(=O)c32)cc1. The predicted molar refractivity (Wildman–Crippen MR) is 137 cm³/mol. The van der Waals surface area contributed by atoms with Crippen LogP contribution in [0.2, 0.25) is 0 Å². The number of aromatic nitrogens is 3. The lowest BCUT2D eigenvalue weighted by molar-refractivity contribution is -0.275. The molecule has 5 rings (SSSR count). The number of benzene rings is 2. The fourth-order valence-electron chi connectivity index (χ4n) is 4.73. The number of ether oxygens (including phenoxy) is 2. The van der Waals surface area contributed by atoms with E-state index in [0.717, 1.165) is 37.5 Å². The number of rotatable bonds is 7. The lowest BCUT2D eigenvalue weighted by Crippen LogP contribution is -2.43. The predicted octanol–water partition coefficient (Wildman–Crippen LogP) is 3.76. The third-order valence-corrected chi connectivity index (χ3v) is 6.67. The summed E-state index contributed by atoms with van der Waals surface area (Å²) in [6.45, 7) is 3.73. The van der Waals surface area contributed by atoms with Crippen molar-refractivity contribution < 1.29 is 22.6 Å². The van der Waals surface area contributed by atoms with Gasteiger partial charge in [-0.25, -0.2) is 0 Å². The van der Waals surface area contributed by atoms with E-state index in [-0.39, 0.29) is 11.3 Å². The fraction of sp³-hybridized carbons (Fsp3) is 0.333. The highest BCUT2D eigenvalue weighted by Gasteiger charge is 2.32. The highest BCUT2D eigenvalue weighted by molar-refractivity contribution is 5.94. The number of fused-ring (bicyclic) bond motifs is 1. The smallest absolute Gasteiger partial charge is 0.497 e. The topological polar surface area (TPSA) is 73.5 Å². The minimum absolute atomic E-state index is 0.249. The van der Waals surface area contributed by atoms with E-state index in [9.17, 15) is 18.0 Å². The summed E-state index contributed by atoms with van der Waals surface area (Å²) >= 11 is 0. The van der Waals surface area contributed by atoms with E-state index in [2.05, 4.69) is 20.1 Å². The Morgan fingerprint density at radius 3 is 2.47 bits per heavy atom. The summed E-state index contributed by atoms with van der Waals surface area (Å²) < 4.78 is 52.7. The number of hydrogen-bond acceptors (Lipinski definition) is 6. The van der Waals surface area contributed by atoms with Crippen LogP contribution in [0.25, 0.3) is 22.0 Å². The van der Waals surface area contributed by atoms with Crippen LogP contribution in [0.4, 0.5) is 13.2 Å². The zero-order chi connectivity index (χ0) is 26.9. The van der Waals surface area contributed by atoms with Crippen LogP contribution in [-0.2, 0) is 20.1 Å². The summed E-state index contributed by atoms with van der Waals surface area (Å²) in [5.41, 5.74) is 2.56. The molecule has 1 fully saturated rings. The Labute approximate surface area is 217 Å². The molecule has 0 amide bonds. The minimum atomic E-state index is -4.83. The van der Waals surface area contributed by atoms with Gasteiger partial charge in [-0.05, 0) is 29.3 Å². The van der Waals surface area contributed by atoms with Gasteiger partial charge in [-0.3, -0.25) is 14.4 Å². The van der Waals surface area contributed by atoms with Crippen LogP contribution in [-0.4, -0.2) is 58.9 Å². The molecule has 0 saturated carbocycles. The summed E-state index contributed by atoms with van der Waals surface area (Å²) in [6, 6.07) is 12.3. The van der Waals surface area contributed by atoms with Crippen molar-refractivity contribution in [3.8, 4) is 22.6 Å². The van der Waals surface area contributed by atoms with Gasteiger partial charge < -0.3 is 19.4 Å². The van der Waals surface area contributed by atoms with Crippen LogP contribution in [0.3, 0.4) is 0 Å². The minimum Gasteiger partial charge on any atom is -0.497 e. The molecule has 2 aromatic carbocycles. The number of aryl methyl sites for hydroxylation is 1. The summed E-state index contributed by atoms with van der Waals surface area (Å²) in [5, 5.41) is 8.24. The number of methoxy groups -OCH3 is 1. The number of nitrogens with zero attached hydrogens (tertiary/aromatic N) is 4. The molecule has 2 aromatic heterocycles. The number of alkyl halides is 3. The molecular weight excluding hydrogens is 499 g/mol. The van der Waals surface area contributed by atoms with E-state index >= 15 is 0 Å². The average Bonchev–Trinajstić information content (AvgIpc) is 3.31. The van der Waals surface area contributed by atoms with Crippen LogP contribution < -0.4 is 20.3 Å². The zero-order valence-electron chi connectivity index (χ0n) is 21.1. The molecule has 1 aliphatic heterocycles. The Morgan fingerprint density at radius 1 is 1.05 bits per heavy atom. The van der Waals surface area contributed by atoms with Gasteiger partial charge in [-0.2, -0.15) is 5.10 Å². The molecule has 4 aromatic rings. The Balaban J connectivity index is 1.55. The van der Waals surface area contributed by atoms with Crippen molar-refractivity contribution in [1.82, 2.24) is 24.6 Å². The first-order chi connectivity index (χ1) is 18.2. The highest BCUT2D eigenvalue weighted by Crippen LogP contribution is 2.34.